The zero-order valence-corrected chi connectivity index (χ0v) is 12.3. The van der Waals surface area contributed by atoms with Crippen molar-refractivity contribution in [3.63, 3.8) is 0 Å². The topological polar surface area (TPSA) is 35.5 Å². The van der Waals surface area contributed by atoms with Gasteiger partial charge in [0.25, 0.3) is 0 Å². The van der Waals surface area contributed by atoms with Crippen molar-refractivity contribution in [1.82, 2.24) is 10.2 Å². The van der Waals surface area contributed by atoms with Gasteiger partial charge < -0.3 is 10.4 Å². The molecule has 1 aliphatic rings. The number of likely N-dealkylation sites (N-methyl/N-ethyl adjacent to an activating group) is 1. The van der Waals surface area contributed by atoms with E-state index in [2.05, 4.69) is 37.1 Å². The second kappa shape index (κ2) is 6.40. The van der Waals surface area contributed by atoms with Crippen molar-refractivity contribution in [2.45, 2.75) is 45.7 Å². The smallest absolute Gasteiger partial charge is 0.120 e. The Kier molecular flexibility index (Phi) is 4.83. The van der Waals surface area contributed by atoms with Crippen molar-refractivity contribution in [2.75, 3.05) is 19.6 Å². The first kappa shape index (κ1) is 14.4. The van der Waals surface area contributed by atoms with E-state index in [4.69, 9.17) is 0 Å². The lowest BCUT2D eigenvalue weighted by molar-refractivity contribution is 0.126. The molecule has 1 saturated heterocycles. The summed E-state index contributed by atoms with van der Waals surface area (Å²) in [6.45, 7) is 9.70. The molecular weight excluding hydrogens is 236 g/mol. The maximum Gasteiger partial charge on any atom is 0.120 e. The van der Waals surface area contributed by atoms with Crippen LogP contribution in [0.4, 0.5) is 0 Å². The van der Waals surface area contributed by atoms with Gasteiger partial charge in [-0.1, -0.05) is 24.6 Å². The molecule has 1 aromatic carbocycles. The lowest BCUT2D eigenvalue weighted by atomic mass is 9.98. The summed E-state index contributed by atoms with van der Waals surface area (Å²) in [7, 11) is 0. The van der Waals surface area contributed by atoms with Gasteiger partial charge >= 0.3 is 0 Å². The van der Waals surface area contributed by atoms with Crippen molar-refractivity contribution in [1.29, 1.82) is 0 Å². The molecule has 1 heterocycles. The molecular formula is C16H26N2O. The van der Waals surface area contributed by atoms with E-state index in [0.717, 1.165) is 25.2 Å². The number of aryl methyl sites for hydroxylation is 1. The fourth-order valence-electron chi connectivity index (χ4n) is 3.15. The van der Waals surface area contributed by atoms with Crippen LogP contribution in [-0.2, 0) is 0 Å². The van der Waals surface area contributed by atoms with Crippen LogP contribution >= 0.6 is 0 Å². The van der Waals surface area contributed by atoms with E-state index in [0.29, 0.717) is 11.8 Å². The van der Waals surface area contributed by atoms with E-state index in [1.54, 1.807) is 0 Å². The van der Waals surface area contributed by atoms with Gasteiger partial charge in [0.2, 0.25) is 0 Å². The summed E-state index contributed by atoms with van der Waals surface area (Å²) < 4.78 is 0. The number of hydrogen-bond donors (Lipinski definition) is 2. The summed E-state index contributed by atoms with van der Waals surface area (Å²) in [5, 5.41) is 13.6. The number of benzene rings is 1. The Morgan fingerprint density at radius 2 is 2.26 bits per heavy atom. The maximum absolute atomic E-state index is 10.1. The molecule has 0 aliphatic carbocycles. The number of nitrogens with zero attached hydrogens (tertiary/aromatic N) is 1. The standard InChI is InChI=1S/C16H26N2O/c1-4-18(14-6-5-9-17-11-14)13(3)15-10-12(2)7-8-16(15)19/h7-8,10,13-14,17,19H,4-6,9,11H2,1-3H3. The predicted molar refractivity (Wildman–Crippen MR) is 79.5 cm³/mol. The fourth-order valence-corrected chi connectivity index (χ4v) is 3.15. The Hall–Kier alpha value is -1.06. The molecule has 2 unspecified atom stereocenters. The van der Waals surface area contributed by atoms with E-state index in [-0.39, 0.29) is 6.04 Å². The number of piperidine rings is 1. The van der Waals surface area contributed by atoms with E-state index >= 15 is 0 Å². The zero-order valence-electron chi connectivity index (χ0n) is 12.3. The lowest BCUT2D eigenvalue weighted by Crippen LogP contribution is -2.46. The molecule has 3 heteroatoms. The highest BCUT2D eigenvalue weighted by Crippen LogP contribution is 2.31. The minimum absolute atomic E-state index is 0.259. The Bertz CT molecular complexity index is 413. The van der Waals surface area contributed by atoms with Crippen LogP contribution in [0.3, 0.4) is 0 Å². The summed E-state index contributed by atoms with van der Waals surface area (Å²) in [6, 6.07) is 6.72. The van der Waals surface area contributed by atoms with E-state index in [1.807, 2.05) is 12.1 Å². The van der Waals surface area contributed by atoms with Crippen LogP contribution in [0.2, 0.25) is 0 Å². The first-order valence-electron chi connectivity index (χ1n) is 7.39. The first-order valence-corrected chi connectivity index (χ1v) is 7.39. The average Bonchev–Trinajstić information content (AvgIpc) is 2.43. The number of phenols is 1. The Balaban J connectivity index is 2.19. The van der Waals surface area contributed by atoms with Gasteiger partial charge in [0.1, 0.15) is 5.75 Å². The molecule has 0 spiro atoms. The summed E-state index contributed by atoms with van der Waals surface area (Å²) >= 11 is 0. The predicted octanol–water partition coefficient (Wildman–Crippen LogP) is 2.84. The molecule has 0 saturated carbocycles. The second-order valence-electron chi connectivity index (χ2n) is 5.57. The van der Waals surface area contributed by atoms with E-state index in [1.165, 1.54) is 18.4 Å². The minimum atomic E-state index is 0.259. The Morgan fingerprint density at radius 3 is 2.89 bits per heavy atom. The van der Waals surface area contributed by atoms with Crippen molar-refractivity contribution >= 4 is 0 Å². The van der Waals surface area contributed by atoms with Crippen LogP contribution in [0, 0.1) is 6.92 Å². The van der Waals surface area contributed by atoms with Crippen LogP contribution in [0.15, 0.2) is 18.2 Å². The van der Waals surface area contributed by atoms with Gasteiger partial charge in [-0.25, -0.2) is 0 Å². The van der Waals surface area contributed by atoms with Crippen LogP contribution in [0.1, 0.15) is 43.9 Å². The molecule has 0 bridgehead atoms. The summed E-state index contributed by atoms with van der Waals surface area (Å²) in [4.78, 5) is 2.50. The highest BCUT2D eigenvalue weighted by atomic mass is 16.3. The Labute approximate surface area is 116 Å². The molecule has 0 aromatic heterocycles. The minimum Gasteiger partial charge on any atom is -0.508 e. The highest BCUT2D eigenvalue weighted by Gasteiger charge is 2.26. The SMILES string of the molecule is CCN(C1CCCNC1)C(C)c1cc(C)ccc1O. The Morgan fingerprint density at radius 1 is 1.47 bits per heavy atom. The molecule has 2 rings (SSSR count). The van der Waals surface area contributed by atoms with Crippen LogP contribution < -0.4 is 5.32 Å². The summed E-state index contributed by atoms with van der Waals surface area (Å²) in [5.74, 6) is 0.417. The van der Waals surface area contributed by atoms with Gasteiger partial charge in [-0.3, -0.25) is 4.90 Å². The third-order valence-electron chi connectivity index (χ3n) is 4.24. The second-order valence-corrected chi connectivity index (χ2v) is 5.57. The quantitative estimate of drug-likeness (QED) is 0.876. The van der Waals surface area contributed by atoms with Gasteiger partial charge in [-0.2, -0.15) is 0 Å². The molecule has 19 heavy (non-hydrogen) atoms. The number of hydrogen-bond acceptors (Lipinski definition) is 3. The van der Waals surface area contributed by atoms with Gasteiger partial charge in [-0.05, 0) is 45.8 Å². The average molecular weight is 262 g/mol. The van der Waals surface area contributed by atoms with Crippen molar-refractivity contribution < 1.29 is 5.11 Å². The summed E-state index contributed by atoms with van der Waals surface area (Å²) in [5.41, 5.74) is 2.25. The van der Waals surface area contributed by atoms with Crippen LogP contribution in [-0.4, -0.2) is 35.7 Å². The number of rotatable bonds is 4. The first-order chi connectivity index (χ1) is 9.13. The van der Waals surface area contributed by atoms with Gasteiger partial charge in [0.15, 0.2) is 0 Å². The van der Waals surface area contributed by atoms with E-state index < -0.39 is 0 Å². The molecule has 106 valence electrons. The van der Waals surface area contributed by atoms with Crippen molar-refractivity contribution in [2.24, 2.45) is 0 Å². The third kappa shape index (κ3) is 3.28. The molecule has 2 atom stereocenters. The van der Waals surface area contributed by atoms with Crippen molar-refractivity contribution in [3.8, 4) is 5.75 Å². The lowest BCUT2D eigenvalue weighted by Gasteiger charge is -2.38. The van der Waals surface area contributed by atoms with Crippen LogP contribution in [0.5, 0.6) is 5.75 Å². The molecule has 0 amide bonds. The number of phenolic OH excluding ortho intramolecular Hbond substituents is 1. The van der Waals surface area contributed by atoms with Crippen LogP contribution in [0.25, 0.3) is 0 Å². The summed E-state index contributed by atoms with van der Waals surface area (Å²) in [6.07, 6.45) is 2.49. The van der Waals surface area contributed by atoms with Gasteiger partial charge in [-0.15, -0.1) is 0 Å². The normalized spacial score (nSPS) is 21.6. The molecule has 0 radical (unpaired) electrons. The molecule has 1 aliphatic heterocycles. The fraction of sp³-hybridized carbons (Fsp3) is 0.625. The van der Waals surface area contributed by atoms with Gasteiger partial charge in [0.05, 0.1) is 0 Å². The number of nitrogens with one attached hydrogen (secondary N) is 1. The zero-order chi connectivity index (χ0) is 13.8. The molecule has 1 aromatic rings. The van der Waals surface area contributed by atoms with Gasteiger partial charge in [0, 0.05) is 24.2 Å². The largest absolute Gasteiger partial charge is 0.508 e. The third-order valence-corrected chi connectivity index (χ3v) is 4.24. The van der Waals surface area contributed by atoms with Crippen molar-refractivity contribution in [3.05, 3.63) is 29.3 Å². The highest BCUT2D eigenvalue weighted by molar-refractivity contribution is 5.37. The molecule has 1 fully saturated rings. The van der Waals surface area contributed by atoms with E-state index in [9.17, 15) is 5.11 Å². The molecule has 3 nitrogen and oxygen atoms in total. The number of aromatic hydroxyl groups is 1. The molecule has 2 N–H and O–H groups in total. The monoisotopic (exact) mass is 262 g/mol. The maximum atomic E-state index is 10.1.